The smallest absolute Gasteiger partial charge is 0.316 e. The van der Waals surface area contributed by atoms with Gasteiger partial charge in [0.2, 0.25) is 0 Å². The number of nitrogens with zero attached hydrogens (tertiary/aromatic N) is 2. The molecule has 0 saturated carbocycles. The molecule has 0 aliphatic carbocycles. The maximum Gasteiger partial charge on any atom is 0.316 e. The molecule has 6 heteroatoms. The molecule has 28 heavy (non-hydrogen) atoms. The largest absolute Gasteiger partial charge is 0.455 e. The second-order valence-electron chi connectivity index (χ2n) is 6.67. The van der Waals surface area contributed by atoms with Crippen LogP contribution in [0.1, 0.15) is 11.1 Å². The van der Waals surface area contributed by atoms with Gasteiger partial charge in [0.15, 0.2) is 6.61 Å². The second kappa shape index (κ2) is 8.02. The third-order valence-electron chi connectivity index (χ3n) is 4.78. The number of thioether (sulfide) groups is 1. The molecule has 0 spiro atoms. The van der Waals surface area contributed by atoms with Crippen LogP contribution in [0.15, 0.2) is 59.6 Å². The second-order valence-corrected chi connectivity index (χ2v) is 7.66. The Kier molecular flexibility index (Phi) is 5.30. The molecule has 2 heterocycles. The number of anilines is 1. The Hall–Kier alpha value is -2.86. The first-order chi connectivity index (χ1) is 13.6. The van der Waals surface area contributed by atoms with Crippen LogP contribution < -0.4 is 4.90 Å². The van der Waals surface area contributed by atoms with Crippen LogP contribution in [0.3, 0.4) is 0 Å². The fourth-order valence-corrected chi connectivity index (χ4v) is 4.16. The summed E-state index contributed by atoms with van der Waals surface area (Å²) in [5.74, 6) is -0.490. The zero-order valence-electron chi connectivity index (χ0n) is 15.6. The van der Waals surface area contributed by atoms with Gasteiger partial charge in [0.1, 0.15) is 0 Å². The molecule has 3 aromatic rings. The minimum atomic E-state index is -0.418. The number of carbonyl (C=O) groups excluding carboxylic acids is 2. The van der Waals surface area contributed by atoms with Crippen molar-refractivity contribution in [1.29, 1.82) is 0 Å². The maximum atomic E-state index is 12.4. The molecule has 1 aliphatic heterocycles. The molecule has 2 aromatic carbocycles. The fraction of sp³-hybridized carbons (Fsp3) is 0.227. The molecule has 0 unspecified atom stereocenters. The van der Waals surface area contributed by atoms with Crippen LogP contribution in [0.2, 0.25) is 0 Å². The average Bonchev–Trinajstić information content (AvgIpc) is 3.15. The van der Waals surface area contributed by atoms with Gasteiger partial charge in [-0.1, -0.05) is 48.2 Å². The number of rotatable bonds is 5. The van der Waals surface area contributed by atoms with Crippen molar-refractivity contribution in [2.45, 2.75) is 18.4 Å². The number of ether oxygens (including phenoxy) is 1. The van der Waals surface area contributed by atoms with E-state index in [2.05, 4.69) is 4.98 Å². The zero-order chi connectivity index (χ0) is 19.5. The molecule has 0 fully saturated rings. The van der Waals surface area contributed by atoms with E-state index in [0.29, 0.717) is 6.54 Å². The maximum absolute atomic E-state index is 12.4. The molecule has 0 bridgehead atoms. The van der Waals surface area contributed by atoms with Crippen molar-refractivity contribution < 1.29 is 14.3 Å². The molecule has 0 N–H and O–H groups in total. The third-order valence-corrected chi connectivity index (χ3v) is 5.67. The van der Waals surface area contributed by atoms with Crippen molar-refractivity contribution in [3.05, 3.63) is 65.7 Å². The molecule has 1 amide bonds. The molecule has 1 aliphatic rings. The Labute approximate surface area is 167 Å². The van der Waals surface area contributed by atoms with Gasteiger partial charge in [-0.2, -0.15) is 0 Å². The molecule has 142 valence electrons. The van der Waals surface area contributed by atoms with Crippen LogP contribution in [0.4, 0.5) is 5.69 Å². The lowest BCUT2D eigenvalue weighted by molar-refractivity contribution is -0.145. The molecule has 0 atom stereocenters. The molecular formula is C22H20N2O3S. The number of fused-ring (bicyclic) bond motifs is 2. The first-order valence-corrected chi connectivity index (χ1v) is 10.1. The van der Waals surface area contributed by atoms with Crippen LogP contribution in [0, 0.1) is 6.92 Å². The van der Waals surface area contributed by atoms with Crippen LogP contribution in [-0.2, 0) is 20.7 Å². The monoisotopic (exact) mass is 392 g/mol. The van der Waals surface area contributed by atoms with Gasteiger partial charge in [0.25, 0.3) is 5.91 Å². The highest BCUT2D eigenvalue weighted by Gasteiger charge is 2.24. The van der Waals surface area contributed by atoms with Gasteiger partial charge in [-0.15, -0.1) is 0 Å². The Morgan fingerprint density at radius 2 is 1.93 bits per heavy atom. The fourth-order valence-electron chi connectivity index (χ4n) is 3.38. The molecule has 4 rings (SSSR count). The number of esters is 1. The summed E-state index contributed by atoms with van der Waals surface area (Å²) in [7, 11) is 0. The third kappa shape index (κ3) is 3.87. The Bertz CT molecular complexity index is 1050. The lowest BCUT2D eigenvalue weighted by Gasteiger charge is -2.17. The number of amides is 1. The highest BCUT2D eigenvalue weighted by molar-refractivity contribution is 7.99. The van der Waals surface area contributed by atoms with Crippen molar-refractivity contribution in [2.24, 2.45) is 0 Å². The Balaban J connectivity index is 1.31. The number of para-hydroxylation sites is 2. The topological polar surface area (TPSA) is 59.5 Å². The first kappa shape index (κ1) is 18.5. The summed E-state index contributed by atoms with van der Waals surface area (Å²) in [6.07, 6.45) is 0.832. The minimum absolute atomic E-state index is 0.120. The van der Waals surface area contributed by atoms with E-state index in [1.54, 1.807) is 4.90 Å². The highest BCUT2D eigenvalue weighted by atomic mass is 32.2. The molecule has 1 aromatic heterocycles. The predicted octanol–water partition coefficient (Wildman–Crippen LogP) is 3.77. The van der Waals surface area contributed by atoms with Gasteiger partial charge < -0.3 is 9.64 Å². The molecule has 0 radical (unpaired) electrons. The van der Waals surface area contributed by atoms with Gasteiger partial charge in [-0.05, 0) is 42.7 Å². The zero-order valence-corrected chi connectivity index (χ0v) is 16.4. The van der Waals surface area contributed by atoms with E-state index in [9.17, 15) is 9.59 Å². The number of aromatic nitrogens is 1. The summed E-state index contributed by atoms with van der Waals surface area (Å²) >= 11 is 1.32. The van der Waals surface area contributed by atoms with Gasteiger partial charge in [0.05, 0.1) is 16.3 Å². The van der Waals surface area contributed by atoms with Crippen LogP contribution >= 0.6 is 11.8 Å². The standard InChI is InChI=1S/C22H20N2O3S/c1-15-12-20(23-18-8-4-3-7-17(15)18)28-14-22(26)27-13-21(25)24-11-10-16-6-2-5-9-19(16)24/h2-9,12H,10-11,13-14H2,1H3. The predicted molar refractivity (Wildman–Crippen MR) is 111 cm³/mol. The Morgan fingerprint density at radius 3 is 2.82 bits per heavy atom. The summed E-state index contributed by atoms with van der Waals surface area (Å²) in [4.78, 5) is 30.8. The van der Waals surface area contributed by atoms with E-state index in [1.165, 1.54) is 11.8 Å². The van der Waals surface area contributed by atoms with Gasteiger partial charge in [-0.25, -0.2) is 4.98 Å². The van der Waals surface area contributed by atoms with E-state index in [-0.39, 0.29) is 18.3 Å². The SMILES string of the molecule is Cc1cc(SCC(=O)OCC(=O)N2CCc3ccccc32)nc2ccccc12. The summed E-state index contributed by atoms with van der Waals surface area (Å²) in [6, 6.07) is 17.7. The number of hydrogen-bond donors (Lipinski definition) is 0. The van der Waals surface area contributed by atoms with E-state index >= 15 is 0 Å². The average molecular weight is 392 g/mol. The molecule has 0 saturated heterocycles. The van der Waals surface area contributed by atoms with E-state index < -0.39 is 5.97 Å². The van der Waals surface area contributed by atoms with Crippen molar-refractivity contribution >= 4 is 40.2 Å². The number of carbonyl (C=O) groups is 2. The minimum Gasteiger partial charge on any atom is -0.455 e. The van der Waals surface area contributed by atoms with Crippen LogP contribution in [0.5, 0.6) is 0 Å². The lowest BCUT2D eigenvalue weighted by Crippen LogP contribution is -2.33. The highest BCUT2D eigenvalue weighted by Crippen LogP contribution is 2.27. The number of pyridine rings is 1. The van der Waals surface area contributed by atoms with E-state index in [1.807, 2.05) is 61.5 Å². The van der Waals surface area contributed by atoms with Crippen molar-refractivity contribution in [3.63, 3.8) is 0 Å². The first-order valence-electron chi connectivity index (χ1n) is 9.15. The number of benzene rings is 2. The van der Waals surface area contributed by atoms with Crippen molar-refractivity contribution in [3.8, 4) is 0 Å². The van der Waals surface area contributed by atoms with Gasteiger partial charge in [-0.3, -0.25) is 9.59 Å². The summed E-state index contributed by atoms with van der Waals surface area (Å²) in [5, 5.41) is 1.87. The van der Waals surface area contributed by atoms with E-state index in [0.717, 1.165) is 39.2 Å². The van der Waals surface area contributed by atoms with Gasteiger partial charge in [0, 0.05) is 17.6 Å². The lowest BCUT2D eigenvalue weighted by atomic mass is 10.1. The number of aryl methyl sites for hydroxylation is 1. The van der Waals surface area contributed by atoms with Crippen LogP contribution in [-0.4, -0.2) is 35.8 Å². The normalized spacial score (nSPS) is 12.8. The van der Waals surface area contributed by atoms with Crippen molar-refractivity contribution in [1.82, 2.24) is 4.98 Å². The Morgan fingerprint density at radius 1 is 1.14 bits per heavy atom. The summed E-state index contributed by atoms with van der Waals surface area (Å²) in [6.45, 7) is 2.42. The summed E-state index contributed by atoms with van der Waals surface area (Å²) in [5.41, 5.74) is 4.08. The molecule has 5 nitrogen and oxygen atoms in total. The molecular weight excluding hydrogens is 372 g/mol. The van der Waals surface area contributed by atoms with Gasteiger partial charge >= 0.3 is 5.97 Å². The van der Waals surface area contributed by atoms with Crippen LogP contribution in [0.25, 0.3) is 10.9 Å². The quantitative estimate of drug-likeness (QED) is 0.489. The summed E-state index contributed by atoms with van der Waals surface area (Å²) < 4.78 is 5.19. The van der Waals surface area contributed by atoms with E-state index in [4.69, 9.17) is 4.74 Å². The van der Waals surface area contributed by atoms with Crippen molar-refractivity contribution in [2.75, 3.05) is 23.8 Å². The number of hydrogen-bond acceptors (Lipinski definition) is 5.